The van der Waals surface area contributed by atoms with E-state index < -0.39 is 6.10 Å². The molecule has 0 saturated heterocycles. The summed E-state index contributed by atoms with van der Waals surface area (Å²) in [6.07, 6.45) is 0.265. The predicted octanol–water partition coefficient (Wildman–Crippen LogP) is 3.04. The van der Waals surface area contributed by atoms with E-state index in [4.69, 9.17) is 4.74 Å². The number of nitrogens with zero attached hydrogens (tertiary/aromatic N) is 3. The Hall–Kier alpha value is -3.06. The number of aromatic nitrogens is 2. The smallest absolute Gasteiger partial charge is 0.191 e. The van der Waals surface area contributed by atoms with Gasteiger partial charge in [0.2, 0.25) is 0 Å². The van der Waals surface area contributed by atoms with E-state index >= 15 is 0 Å². The van der Waals surface area contributed by atoms with Crippen molar-refractivity contribution >= 4 is 17.0 Å². The van der Waals surface area contributed by atoms with Gasteiger partial charge in [0.25, 0.3) is 0 Å². The maximum atomic E-state index is 10.2. The van der Waals surface area contributed by atoms with Crippen molar-refractivity contribution in [3.05, 3.63) is 59.9 Å². The molecule has 0 aliphatic heterocycles. The molecule has 0 saturated carbocycles. The van der Waals surface area contributed by atoms with E-state index in [0.29, 0.717) is 5.96 Å². The zero-order chi connectivity index (χ0) is 22.1. The lowest BCUT2D eigenvalue weighted by molar-refractivity contribution is 0.114. The van der Waals surface area contributed by atoms with Gasteiger partial charge in [-0.1, -0.05) is 24.3 Å². The van der Waals surface area contributed by atoms with Crippen molar-refractivity contribution < 1.29 is 9.84 Å². The Balaban J connectivity index is 1.45. The van der Waals surface area contributed by atoms with E-state index in [1.165, 1.54) is 0 Å². The summed E-state index contributed by atoms with van der Waals surface area (Å²) in [6.45, 7) is 8.96. The van der Waals surface area contributed by atoms with Crippen molar-refractivity contribution in [3.63, 3.8) is 0 Å². The Labute approximate surface area is 184 Å². The molecule has 0 aliphatic rings. The van der Waals surface area contributed by atoms with Crippen molar-refractivity contribution in [1.29, 1.82) is 0 Å². The van der Waals surface area contributed by atoms with E-state index in [2.05, 4.69) is 31.2 Å². The molecule has 0 amide bonds. The van der Waals surface area contributed by atoms with E-state index in [-0.39, 0.29) is 13.2 Å². The zero-order valence-electron chi connectivity index (χ0n) is 18.6. The lowest BCUT2D eigenvalue weighted by Crippen LogP contribution is -2.39. The summed E-state index contributed by atoms with van der Waals surface area (Å²) in [5, 5.41) is 16.8. The lowest BCUT2D eigenvalue weighted by Gasteiger charge is -2.14. The second-order valence-electron chi connectivity index (χ2n) is 7.58. The molecular weight excluding hydrogens is 390 g/mol. The van der Waals surface area contributed by atoms with Crippen LogP contribution >= 0.6 is 0 Å². The number of aliphatic hydroxyl groups excluding tert-OH is 1. The summed E-state index contributed by atoms with van der Waals surface area (Å²) in [6, 6.07) is 16.0. The molecule has 0 radical (unpaired) electrons. The first-order valence-corrected chi connectivity index (χ1v) is 10.9. The van der Waals surface area contributed by atoms with E-state index in [1.54, 1.807) is 0 Å². The number of nitrogens with one attached hydrogen (secondary N) is 2. The molecule has 1 aromatic heterocycles. The standard InChI is InChI=1S/C24H33N5O2/c1-4-25-24(27-16-20(30)17-31-21-10-7-9-18(2)15-21)26-13-8-14-29-19(3)28-22-11-5-6-12-23(22)29/h5-7,9-12,15,20,30H,4,8,13-14,16-17H2,1-3H3,(H2,25,26,27). The minimum absolute atomic E-state index is 0.208. The highest BCUT2D eigenvalue weighted by Gasteiger charge is 2.08. The van der Waals surface area contributed by atoms with Crippen LogP contribution < -0.4 is 15.4 Å². The Bertz CT molecular complexity index is 999. The van der Waals surface area contributed by atoms with Crippen LogP contribution in [0.2, 0.25) is 0 Å². The molecule has 0 bridgehead atoms. The van der Waals surface area contributed by atoms with Gasteiger partial charge in [0.1, 0.15) is 24.3 Å². The largest absolute Gasteiger partial charge is 0.491 e. The third-order valence-corrected chi connectivity index (χ3v) is 4.93. The molecule has 7 nitrogen and oxygen atoms in total. The number of aliphatic imine (C=N–C) groups is 1. The number of guanidine groups is 1. The second-order valence-corrected chi connectivity index (χ2v) is 7.58. The fourth-order valence-electron chi connectivity index (χ4n) is 3.41. The first kappa shape index (κ1) is 22.6. The molecule has 0 fully saturated rings. The van der Waals surface area contributed by atoms with E-state index in [9.17, 15) is 5.11 Å². The van der Waals surface area contributed by atoms with Crippen LogP contribution in [0.15, 0.2) is 53.5 Å². The van der Waals surface area contributed by atoms with Gasteiger partial charge in [-0.25, -0.2) is 4.98 Å². The van der Waals surface area contributed by atoms with Crippen LogP contribution in [0.5, 0.6) is 5.75 Å². The summed E-state index contributed by atoms with van der Waals surface area (Å²) >= 11 is 0. The molecule has 0 aliphatic carbocycles. The Morgan fingerprint density at radius 3 is 2.81 bits per heavy atom. The van der Waals surface area contributed by atoms with Gasteiger partial charge in [-0.15, -0.1) is 0 Å². The Kier molecular flexibility index (Phi) is 8.29. The molecular formula is C24H33N5O2. The van der Waals surface area contributed by atoms with Gasteiger partial charge in [0.05, 0.1) is 17.6 Å². The number of para-hydroxylation sites is 2. The van der Waals surface area contributed by atoms with Crippen LogP contribution in [0.1, 0.15) is 24.7 Å². The summed E-state index contributed by atoms with van der Waals surface area (Å²) in [5.41, 5.74) is 3.32. The molecule has 166 valence electrons. The van der Waals surface area contributed by atoms with Crippen LogP contribution in [-0.2, 0) is 6.54 Å². The summed E-state index contributed by atoms with van der Waals surface area (Å²) in [4.78, 5) is 9.11. The lowest BCUT2D eigenvalue weighted by atomic mass is 10.2. The normalized spacial score (nSPS) is 12.7. The highest BCUT2D eigenvalue weighted by Crippen LogP contribution is 2.15. The number of imidazole rings is 1. The van der Waals surface area contributed by atoms with Crippen molar-refractivity contribution in [2.24, 2.45) is 4.99 Å². The quantitative estimate of drug-likeness (QED) is 0.265. The fourth-order valence-corrected chi connectivity index (χ4v) is 3.41. The van der Waals surface area contributed by atoms with Crippen LogP contribution in [-0.4, -0.2) is 53.0 Å². The summed E-state index contributed by atoms with van der Waals surface area (Å²) < 4.78 is 7.90. The summed E-state index contributed by atoms with van der Waals surface area (Å²) in [7, 11) is 0. The number of benzene rings is 2. The van der Waals surface area contributed by atoms with Gasteiger partial charge in [-0.05, 0) is 57.0 Å². The number of rotatable bonds is 10. The van der Waals surface area contributed by atoms with Gasteiger partial charge in [0.15, 0.2) is 5.96 Å². The van der Waals surface area contributed by atoms with Crippen LogP contribution in [0.3, 0.4) is 0 Å². The number of ether oxygens (including phenoxy) is 1. The Morgan fingerprint density at radius 2 is 2.00 bits per heavy atom. The molecule has 3 aromatic rings. The maximum absolute atomic E-state index is 10.2. The molecule has 1 atom stereocenters. The molecule has 3 rings (SSSR count). The maximum Gasteiger partial charge on any atom is 0.191 e. The van der Waals surface area contributed by atoms with Gasteiger partial charge in [0, 0.05) is 19.6 Å². The average molecular weight is 424 g/mol. The number of aryl methyl sites for hydroxylation is 3. The third kappa shape index (κ3) is 6.72. The highest BCUT2D eigenvalue weighted by atomic mass is 16.5. The van der Waals surface area contributed by atoms with Crippen molar-refractivity contribution in [2.45, 2.75) is 39.8 Å². The van der Waals surface area contributed by atoms with Crippen molar-refractivity contribution in [1.82, 2.24) is 20.2 Å². The second kappa shape index (κ2) is 11.4. The van der Waals surface area contributed by atoms with Crippen molar-refractivity contribution in [2.75, 3.05) is 26.2 Å². The van der Waals surface area contributed by atoms with Gasteiger partial charge in [-0.2, -0.15) is 0 Å². The molecule has 1 unspecified atom stereocenters. The summed E-state index contributed by atoms with van der Waals surface area (Å²) in [5.74, 6) is 2.48. The molecule has 7 heteroatoms. The molecule has 3 N–H and O–H groups in total. The predicted molar refractivity (Wildman–Crippen MR) is 126 cm³/mol. The van der Waals surface area contributed by atoms with E-state index in [1.807, 2.05) is 63.2 Å². The van der Waals surface area contributed by atoms with Crippen LogP contribution in [0.4, 0.5) is 0 Å². The van der Waals surface area contributed by atoms with Gasteiger partial charge < -0.3 is 25.0 Å². The first-order valence-electron chi connectivity index (χ1n) is 10.9. The minimum Gasteiger partial charge on any atom is -0.491 e. The fraction of sp³-hybridized carbons (Fsp3) is 0.417. The third-order valence-electron chi connectivity index (χ3n) is 4.93. The number of fused-ring (bicyclic) bond motifs is 1. The molecule has 1 heterocycles. The van der Waals surface area contributed by atoms with Crippen LogP contribution in [0, 0.1) is 13.8 Å². The highest BCUT2D eigenvalue weighted by molar-refractivity contribution is 5.79. The van der Waals surface area contributed by atoms with Crippen LogP contribution in [0.25, 0.3) is 11.0 Å². The van der Waals surface area contributed by atoms with Gasteiger partial charge >= 0.3 is 0 Å². The van der Waals surface area contributed by atoms with Gasteiger partial charge in [-0.3, -0.25) is 4.99 Å². The minimum atomic E-state index is -0.670. The molecule has 0 spiro atoms. The van der Waals surface area contributed by atoms with E-state index in [0.717, 1.165) is 54.2 Å². The monoisotopic (exact) mass is 423 g/mol. The topological polar surface area (TPSA) is 83.7 Å². The Morgan fingerprint density at radius 1 is 1.16 bits per heavy atom. The zero-order valence-corrected chi connectivity index (χ0v) is 18.6. The number of hydrogen-bond donors (Lipinski definition) is 3. The average Bonchev–Trinajstić information content (AvgIpc) is 3.08. The first-order chi connectivity index (χ1) is 15.1. The molecule has 31 heavy (non-hydrogen) atoms. The van der Waals surface area contributed by atoms with Crippen molar-refractivity contribution in [3.8, 4) is 5.75 Å². The SMILES string of the molecule is CCNC(=NCC(O)COc1cccc(C)c1)NCCCn1c(C)nc2ccccc21. The number of aliphatic hydroxyl groups is 1. The number of hydrogen-bond acceptors (Lipinski definition) is 4. The molecule has 2 aromatic carbocycles.